The van der Waals surface area contributed by atoms with E-state index in [-0.39, 0.29) is 29.5 Å². The quantitative estimate of drug-likeness (QED) is 0.744. The third-order valence-electron chi connectivity index (χ3n) is 5.37. The fourth-order valence-corrected chi connectivity index (χ4v) is 4.00. The lowest BCUT2D eigenvalue weighted by Crippen LogP contribution is -2.43. The molecule has 0 aromatic heterocycles. The van der Waals surface area contributed by atoms with Crippen molar-refractivity contribution in [3.8, 4) is 0 Å². The van der Waals surface area contributed by atoms with Crippen LogP contribution < -0.4 is 0 Å². The molecule has 4 heteroatoms. The van der Waals surface area contributed by atoms with Crippen molar-refractivity contribution in [1.82, 2.24) is 4.90 Å². The second-order valence-electron chi connectivity index (χ2n) is 6.85. The molecule has 2 fully saturated rings. The number of nitrogens with zero attached hydrogens (tertiary/aromatic N) is 1. The molecule has 4 rings (SSSR count). The fraction of sp³-hybridized carbons (Fsp3) is 0.227. The smallest absolute Gasteiger partial charge is 0.188 e. The van der Waals surface area contributed by atoms with E-state index in [2.05, 4.69) is 4.90 Å². The number of halogens is 2. The van der Waals surface area contributed by atoms with Gasteiger partial charge in [-0.25, -0.2) is 8.78 Å². The van der Waals surface area contributed by atoms with Crippen LogP contribution in [-0.4, -0.2) is 29.8 Å². The molecule has 2 heterocycles. The van der Waals surface area contributed by atoms with Crippen LogP contribution in [0.2, 0.25) is 0 Å². The first-order valence-corrected chi connectivity index (χ1v) is 8.75. The summed E-state index contributed by atoms with van der Waals surface area (Å²) < 4.78 is 28.1. The molecular weight excluding hydrogens is 332 g/mol. The van der Waals surface area contributed by atoms with Crippen LogP contribution in [0.25, 0.3) is 12.2 Å². The highest BCUT2D eigenvalue weighted by Gasteiger charge is 2.44. The van der Waals surface area contributed by atoms with Crippen LogP contribution in [0.5, 0.6) is 0 Å². The summed E-state index contributed by atoms with van der Waals surface area (Å²) in [6.45, 7) is 0. The SMILES string of the molecule is CN1[C@H]2CC[C@H]1/C(=C\c1ccccc1F)C(=O)/C2=C/c1ccccc1F. The van der Waals surface area contributed by atoms with Gasteiger partial charge in [-0.1, -0.05) is 36.4 Å². The van der Waals surface area contributed by atoms with Crippen molar-refractivity contribution in [2.75, 3.05) is 7.05 Å². The molecule has 2 aliphatic heterocycles. The molecule has 2 aliphatic rings. The molecule has 0 aliphatic carbocycles. The zero-order valence-corrected chi connectivity index (χ0v) is 14.5. The Morgan fingerprint density at radius 2 is 1.27 bits per heavy atom. The number of carbonyl (C=O) groups is 1. The van der Waals surface area contributed by atoms with E-state index in [1.165, 1.54) is 12.1 Å². The van der Waals surface area contributed by atoms with Crippen LogP contribution in [0.15, 0.2) is 59.7 Å². The Morgan fingerprint density at radius 1 is 0.846 bits per heavy atom. The van der Waals surface area contributed by atoms with Crippen LogP contribution in [-0.2, 0) is 4.79 Å². The fourth-order valence-electron chi connectivity index (χ4n) is 4.00. The minimum atomic E-state index is -0.352. The van der Waals surface area contributed by atoms with Crippen LogP contribution in [0.4, 0.5) is 8.78 Å². The van der Waals surface area contributed by atoms with E-state index in [4.69, 9.17) is 0 Å². The molecule has 2 bridgehead atoms. The summed E-state index contributed by atoms with van der Waals surface area (Å²) in [5, 5.41) is 0. The van der Waals surface area contributed by atoms with Crippen molar-refractivity contribution in [2.45, 2.75) is 24.9 Å². The first kappa shape index (κ1) is 16.9. The maximum atomic E-state index is 14.1. The second kappa shape index (κ2) is 6.61. The van der Waals surface area contributed by atoms with Gasteiger partial charge in [0.15, 0.2) is 5.78 Å². The molecule has 2 atom stereocenters. The summed E-state index contributed by atoms with van der Waals surface area (Å²) >= 11 is 0. The van der Waals surface area contributed by atoms with Crippen molar-refractivity contribution >= 4 is 17.9 Å². The molecule has 26 heavy (non-hydrogen) atoms. The Bertz CT molecular complexity index is 858. The Morgan fingerprint density at radius 3 is 1.69 bits per heavy atom. The third-order valence-corrected chi connectivity index (χ3v) is 5.37. The highest BCUT2D eigenvalue weighted by atomic mass is 19.1. The zero-order valence-electron chi connectivity index (χ0n) is 14.5. The summed E-state index contributed by atoms with van der Waals surface area (Å²) in [6.07, 6.45) is 4.97. The number of benzene rings is 2. The van der Waals surface area contributed by atoms with Gasteiger partial charge in [0.05, 0.1) is 0 Å². The van der Waals surface area contributed by atoms with Crippen LogP contribution in [0, 0.1) is 11.6 Å². The first-order valence-electron chi connectivity index (χ1n) is 8.75. The minimum Gasteiger partial charge on any atom is -0.292 e. The molecular formula is C22H19F2NO. The van der Waals surface area contributed by atoms with Gasteiger partial charge in [-0.3, -0.25) is 9.69 Å². The highest BCUT2D eigenvalue weighted by Crippen LogP contribution is 2.40. The Balaban J connectivity index is 1.81. The molecule has 132 valence electrons. The van der Waals surface area contributed by atoms with Gasteiger partial charge >= 0.3 is 0 Å². The van der Waals surface area contributed by atoms with Crippen molar-refractivity contribution < 1.29 is 13.6 Å². The predicted molar refractivity (Wildman–Crippen MR) is 98.3 cm³/mol. The van der Waals surface area contributed by atoms with Crippen molar-refractivity contribution in [1.29, 1.82) is 0 Å². The van der Waals surface area contributed by atoms with Crippen LogP contribution >= 0.6 is 0 Å². The number of likely N-dealkylation sites (N-methyl/N-ethyl adjacent to an activating group) is 1. The van der Waals surface area contributed by atoms with E-state index >= 15 is 0 Å². The maximum absolute atomic E-state index is 14.1. The molecule has 2 aromatic rings. The van der Waals surface area contributed by atoms with Gasteiger partial charge in [0.2, 0.25) is 0 Å². The summed E-state index contributed by atoms with van der Waals surface area (Å²) in [7, 11) is 1.97. The van der Waals surface area contributed by atoms with Crippen molar-refractivity contribution in [3.05, 3.63) is 82.4 Å². The van der Waals surface area contributed by atoms with Crippen molar-refractivity contribution in [3.63, 3.8) is 0 Å². The highest BCUT2D eigenvalue weighted by molar-refractivity contribution is 6.16. The van der Waals surface area contributed by atoms with Gasteiger partial charge < -0.3 is 0 Å². The molecule has 0 radical (unpaired) electrons. The minimum absolute atomic E-state index is 0.0233. The average molecular weight is 351 g/mol. The Kier molecular flexibility index (Phi) is 4.29. The summed E-state index contributed by atoms with van der Waals surface area (Å²) in [5.74, 6) is -0.812. The van der Waals surface area contributed by atoms with E-state index in [0.29, 0.717) is 22.3 Å². The number of fused-ring (bicyclic) bond motifs is 2. The first-order chi connectivity index (χ1) is 12.6. The van der Waals surface area contributed by atoms with Gasteiger partial charge in [0, 0.05) is 34.4 Å². The molecule has 0 amide bonds. The lowest BCUT2D eigenvalue weighted by atomic mass is 9.88. The number of carbonyl (C=O) groups excluding carboxylic acids is 1. The van der Waals surface area contributed by atoms with E-state index in [9.17, 15) is 13.6 Å². The van der Waals surface area contributed by atoms with E-state index in [1.54, 1.807) is 48.6 Å². The number of hydrogen-bond acceptors (Lipinski definition) is 2. The van der Waals surface area contributed by atoms with E-state index < -0.39 is 0 Å². The van der Waals surface area contributed by atoms with Crippen molar-refractivity contribution in [2.24, 2.45) is 0 Å². The Labute approximate surface area is 151 Å². The average Bonchev–Trinajstić information content (AvgIpc) is 2.94. The number of rotatable bonds is 2. The lowest BCUT2D eigenvalue weighted by Gasteiger charge is -2.34. The van der Waals surface area contributed by atoms with Gasteiger partial charge in [0.1, 0.15) is 11.6 Å². The number of hydrogen-bond donors (Lipinski definition) is 0. The molecule has 0 N–H and O–H groups in total. The summed E-state index contributed by atoms with van der Waals surface area (Å²) in [4.78, 5) is 15.3. The molecule has 0 spiro atoms. The van der Waals surface area contributed by atoms with Crippen LogP contribution in [0.1, 0.15) is 24.0 Å². The molecule has 0 unspecified atom stereocenters. The maximum Gasteiger partial charge on any atom is 0.188 e. The van der Waals surface area contributed by atoms with Gasteiger partial charge in [-0.05, 0) is 44.2 Å². The normalized spacial score (nSPS) is 26.0. The Hall–Kier alpha value is -2.59. The van der Waals surface area contributed by atoms with Crippen LogP contribution in [0.3, 0.4) is 0 Å². The largest absolute Gasteiger partial charge is 0.292 e. The topological polar surface area (TPSA) is 20.3 Å². The van der Waals surface area contributed by atoms with E-state index in [1.807, 2.05) is 7.05 Å². The predicted octanol–water partition coefficient (Wildman–Crippen LogP) is 4.48. The zero-order chi connectivity index (χ0) is 18.3. The number of Topliss-reactive ketones (excluding diaryl/α,β-unsaturated/α-hetero) is 1. The third kappa shape index (κ3) is 2.80. The summed E-state index contributed by atoms with van der Waals surface area (Å²) in [6, 6.07) is 12.8. The van der Waals surface area contributed by atoms with E-state index in [0.717, 1.165) is 12.8 Å². The number of piperidine rings is 1. The molecule has 2 aromatic carbocycles. The molecule has 2 nitrogen and oxygen atoms in total. The summed E-state index contributed by atoms with van der Waals surface area (Å²) in [5.41, 5.74) is 1.96. The second-order valence-corrected chi connectivity index (χ2v) is 6.85. The van der Waals surface area contributed by atoms with Gasteiger partial charge in [-0.2, -0.15) is 0 Å². The molecule has 0 saturated carbocycles. The lowest BCUT2D eigenvalue weighted by molar-refractivity contribution is -0.114. The number of ketones is 1. The van der Waals surface area contributed by atoms with Gasteiger partial charge in [-0.15, -0.1) is 0 Å². The van der Waals surface area contributed by atoms with Gasteiger partial charge in [0.25, 0.3) is 0 Å². The monoisotopic (exact) mass is 351 g/mol. The standard InChI is InChI=1S/C22H19F2NO/c1-25-20-10-11-21(25)17(13-15-7-3-5-9-19(15)24)22(26)16(20)12-14-6-2-4-8-18(14)23/h2-9,12-13,20-21H,10-11H2,1H3/b16-12+,17-13+/t20-,21-/m0/s1. The molecule has 2 saturated heterocycles.